The van der Waals surface area contributed by atoms with Gasteiger partial charge in [-0.25, -0.2) is 9.37 Å². The quantitative estimate of drug-likeness (QED) is 0.509. The molecule has 8 nitrogen and oxygen atoms in total. The number of halogens is 1. The number of benzene rings is 1. The van der Waals surface area contributed by atoms with Crippen LogP contribution in [0.4, 0.5) is 10.2 Å². The molecule has 0 aliphatic heterocycles. The van der Waals surface area contributed by atoms with E-state index in [4.69, 9.17) is 0 Å². The molecule has 3 heterocycles. The third-order valence-electron chi connectivity index (χ3n) is 5.38. The number of rotatable bonds is 6. The molecule has 1 saturated carbocycles. The first-order chi connectivity index (χ1) is 15.0. The Hall–Kier alpha value is -3.62. The smallest absolute Gasteiger partial charge is 0.259 e. The van der Waals surface area contributed by atoms with Gasteiger partial charge in [-0.05, 0) is 56.9 Å². The van der Waals surface area contributed by atoms with Crippen LogP contribution in [0.5, 0.6) is 0 Å². The number of anilines is 1. The summed E-state index contributed by atoms with van der Waals surface area (Å²) >= 11 is 0. The summed E-state index contributed by atoms with van der Waals surface area (Å²) in [5.74, 6) is 0.388. The third-order valence-corrected chi connectivity index (χ3v) is 5.38. The highest BCUT2D eigenvalue weighted by atomic mass is 19.1. The SMILES string of the molecule is CC(C)n1cnnc1-c1cccc(NC(=O)c2cc3nn(CC4CC4)cc3cc2F)n1. The Labute approximate surface area is 178 Å². The first-order valence-electron chi connectivity index (χ1n) is 10.3. The van der Waals surface area contributed by atoms with Crippen molar-refractivity contribution in [1.82, 2.24) is 29.5 Å². The van der Waals surface area contributed by atoms with Crippen molar-refractivity contribution in [3.8, 4) is 11.5 Å². The minimum atomic E-state index is -0.591. The van der Waals surface area contributed by atoms with Crippen molar-refractivity contribution in [3.63, 3.8) is 0 Å². The van der Waals surface area contributed by atoms with Crippen molar-refractivity contribution in [3.05, 3.63) is 54.2 Å². The van der Waals surface area contributed by atoms with Gasteiger partial charge in [0.05, 0.1) is 11.1 Å². The first-order valence-corrected chi connectivity index (χ1v) is 10.3. The van der Waals surface area contributed by atoms with Crippen LogP contribution in [0.25, 0.3) is 22.4 Å². The highest BCUT2D eigenvalue weighted by Gasteiger charge is 2.23. The van der Waals surface area contributed by atoms with Gasteiger partial charge in [0.25, 0.3) is 5.91 Å². The number of carbonyl (C=O) groups is 1. The van der Waals surface area contributed by atoms with E-state index in [9.17, 15) is 9.18 Å². The van der Waals surface area contributed by atoms with Gasteiger partial charge in [-0.15, -0.1) is 10.2 Å². The molecule has 0 saturated heterocycles. The minimum Gasteiger partial charge on any atom is -0.310 e. The summed E-state index contributed by atoms with van der Waals surface area (Å²) in [6, 6.07) is 8.20. The van der Waals surface area contributed by atoms with Crippen molar-refractivity contribution in [2.45, 2.75) is 39.3 Å². The number of nitrogens with zero attached hydrogens (tertiary/aromatic N) is 6. The average Bonchev–Trinajstić information content (AvgIpc) is 3.25. The number of pyridine rings is 1. The van der Waals surface area contributed by atoms with Crippen LogP contribution in [0.1, 0.15) is 43.1 Å². The Morgan fingerprint density at radius 2 is 2.13 bits per heavy atom. The molecule has 5 rings (SSSR count). The van der Waals surface area contributed by atoms with Crippen LogP contribution in [0.15, 0.2) is 42.9 Å². The number of hydrogen-bond acceptors (Lipinski definition) is 5. The van der Waals surface area contributed by atoms with Gasteiger partial charge in [-0.1, -0.05) is 6.07 Å². The lowest BCUT2D eigenvalue weighted by atomic mass is 10.1. The Bertz CT molecular complexity index is 1270. The average molecular weight is 419 g/mol. The number of hydrogen-bond donors (Lipinski definition) is 1. The Kier molecular flexibility index (Phi) is 4.72. The van der Waals surface area contributed by atoms with E-state index >= 15 is 0 Å². The van der Waals surface area contributed by atoms with E-state index in [1.54, 1.807) is 24.5 Å². The highest BCUT2D eigenvalue weighted by Crippen LogP contribution is 2.31. The highest BCUT2D eigenvalue weighted by molar-refractivity contribution is 6.06. The predicted octanol–water partition coefficient (Wildman–Crippen LogP) is 4.07. The molecule has 1 fully saturated rings. The number of aromatic nitrogens is 6. The van der Waals surface area contributed by atoms with E-state index in [2.05, 4.69) is 25.6 Å². The van der Waals surface area contributed by atoms with Crippen LogP contribution in [-0.2, 0) is 6.54 Å². The standard InChI is InChI=1S/C22H22FN7O/c1-13(2)30-12-24-27-21(30)18-4-3-5-20(25-18)26-22(31)16-9-19-15(8-17(16)23)11-29(28-19)10-14-6-7-14/h3-5,8-9,11-14H,6-7,10H2,1-2H3,(H,25,26,31). The summed E-state index contributed by atoms with van der Waals surface area (Å²) in [5, 5.41) is 15.9. The maximum atomic E-state index is 14.7. The van der Waals surface area contributed by atoms with Crippen molar-refractivity contribution >= 4 is 22.6 Å². The van der Waals surface area contributed by atoms with Gasteiger partial charge in [-0.3, -0.25) is 9.48 Å². The molecular formula is C22H22FN7O. The zero-order valence-corrected chi connectivity index (χ0v) is 17.3. The van der Waals surface area contributed by atoms with Crippen LogP contribution in [0.2, 0.25) is 0 Å². The topological polar surface area (TPSA) is 90.5 Å². The molecule has 0 spiro atoms. The molecule has 3 aromatic heterocycles. The second-order valence-corrected chi connectivity index (χ2v) is 8.20. The van der Waals surface area contributed by atoms with Crippen molar-refractivity contribution in [2.24, 2.45) is 5.92 Å². The molecule has 0 bridgehead atoms. The fourth-order valence-corrected chi connectivity index (χ4v) is 3.54. The Morgan fingerprint density at radius 3 is 2.90 bits per heavy atom. The predicted molar refractivity (Wildman–Crippen MR) is 114 cm³/mol. The Balaban J connectivity index is 1.40. The van der Waals surface area contributed by atoms with Crippen LogP contribution in [0, 0.1) is 11.7 Å². The zero-order chi connectivity index (χ0) is 21.5. The second-order valence-electron chi connectivity index (χ2n) is 8.20. The zero-order valence-electron chi connectivity index (χ0n) is 17.3. The summed E-state index contributed by atoms with van der Waals surface area (Å²) in [6.45, 7) is 4.86. The maximum Gasteiger partial charge on any atom is 0.259 e. The Morgan fingerprint density at radius 1 is 1.29 bits per heavy atom. The van der Waals surface area contributed by atoms with Crippen LogP contribution < -0.4 is 5.32 Å². The van der Waals surface area contributed by atoms with E-state index in [0.29, 0.717) is 34.2 Å². The largest absolute Gasteiger partial charge is 0.310 e. The molecular weight excluding hydrogens is 397 g/mol. The monoisotopic (exact) mass is 419 g/mol. The lowest BCUT2D eigenvalue weighted by Gasteiger charge is -2.11. The minimum absolute atomic E-state index is 0.0678. The summed E-state index contributed by atoms with van der Waals surface area (Å²) < 4.78 is 18.4. The lowest BCUT2D eigenvalue weighted by Crippen LogP contribution is -2.15. The molecule has 1 aliphatic rings. The van der Waals surface area contributed by atoms with E-state index < -0.39 is 11.7 Å². The molecule has 0 radical (unpaired) electrons. The van der Waals surface area contributed by atoms with Gasteiger partial charge in [0.1, 0.15) is 23.7 Å². The van der Waals surface area contributed by atoms with Gasteiger partial charge >= 0.3 is 0 Å². The number of fused-ring (bicyclic) bond motifs is 1. The number of nitrogens with one attached hydrogen (secondary N) is 1. The van der Waals surface area contributed by atoms with Crippen LogP contribution in [0.3, 0.4) is 0 Å². The molecule has 0 unspecified atom stereocenters. The maximum absolute atomic E-state index is 14.7. The number of amides is 1. The molecule has 4 aromatic rings. The molecule has 1 N–H and O–H groups in total. The molecule has 1 aromatic carbocycles. The molecule has 9 heteroatoms. The molecule has 31 heavy (non-hydrogen) atoms. The van der Waals surface area contributed by atoms with Crippen molar-refractivity contribution in [2.75, 3.05) is 5.32 Å². The van der Waals surface area contributed by atoms with Gasteiger partial charge < -0.3 is 9.88 Å². The van der Waals surface area contributed by atoms with Crippen LogP contribution >= 0.6 is 0 Å². The lowest BCUT2D eigenvalue weighted by molar-refractivity contribution is 0.102. The fraction of sp³-hybridized carbons (Fsp3) is 0.318. The van der Waals surface area contributed by atoms with Gasteiger partial charge in [0, 0.05) is 24.2 Å². The van der Waals surface area contributed by atoms with Crippen LogP contribution in [-0.4, -0.2) is 35.4 Å². The van der Waals surface area contributed by atoms with Crippen molar-refractivity contribution in [1.29, 1.82) is 0 Å². The van der Waals surface area contributed by atoms with Crippen molar-refractivity contribution < 1.29 is 9.18 Å². The second kappa shape index (κ2) is 7.57. The van der Waals surface area contributed by atoms with Gasteiger partial charge in [0.2, 0.25) is 0 Å². The van der Waals surface area contributed by atoms with Gasteiger partial charge in [0.15, 0.2) is 5.82 Å². The van der Waals surface area contributed by atoms with E-state index in [0.717, 1.165) is 6.54 Å². The normalized spacial score (nSPS) is 13.8. The molecule has 0 atom stereocenters. The summed E-state index contributed by atoms with van der Waals surface area (Å²) in [6.07, 6.45) is 5.88. The third kappa shape index (κ3) is 3.90. The summed E-state index contributed by atoms with van der Waals surface area (Å²) in [4.78, 5) is 17.2. The molecule has 1 amide bonds. The van der Waals surface area contributed by atoms with E-state index in [-0.39, 0.29) is 11.6 Å². The first kappa shape index (κ1) is 19.3. The molecule has 1 aliphatic carbocycles. The number of carbonyl (C=O) groups excluding carboxylic acids is 1. The summed E-state index contributed by atoms with van der Waals surface area (Å²) in [7, 11) is 0. The summed E-state index contributed by atoms with van der Waals surface area (Å²) in [5.41, 5.74) is 1.10. The molecule has 158 valence electrons. The van der Waals surface area contributed by atoms with E-state index in [1.807, 2.05) is 29.3 Å². The van der Waals surface area contributed by atoms with Gasteiger partial charge in [-0.2, -0.15) is 5.10 Å². The fourth-order valence-electron chi connectivity index (χ4n) is 3.54. The van der Waals surface area contributed by atoms with E-state index in [1.165, 1.54) is 25.0 Å².